The highest BCUT2D eigenvalue weighted by atomic mass is 16.5. The number of hydrogen-bond acceptors (Lipinski definition) is 4. The summed E-state index contributed by atoms with van der Waals surface area (Å²) < 4.78 is 5.69. The van der Waals surface area contributed by atoms with Crippen LogP contribution in [0.3, 0.4) is 0 Å². The molecule has 7 heteroatoms. The highest BCUT2D eigenvalue weighted by molar-refractivity contribution is 5.94. The number of hydrogen-bond donors (Lipinski definition) is 2. The van der Waals surface area contributed by atoms with Crippen molar-refractivity contribution in [2.24, 2.45) is 5.41 Å². The van der Waals surface area contributed by atoms with Crippen LogP contribution in [0.15, 0.2) is 48.5 Å². The van der Waals surface area contributed by atoms with Gasteiger partial charge < -0.3 is 20.1 Å². The van der Waals surface area contributed by atoms with E-state index in [9.17, 15) is 19.5 Å². The summed E-state index contributed by atoms with van der Waals surface area (Å²) in [4.78, 5) is 40.1. The van der Waals surface area contributed by atoms with Gasteiger partial charge in [-0.2, -0.15) is 0 Å². The third kappa shape index (κ3) is 3.97. The summed E-state index contributed by atoms with van der Waals surface area (Å²) in [7, 11) is 0. The van der Waals surface area contributed by atoms with Crippen molar-refractivity contribution in [3.63, 3.8) is 0 Å². The van der Waals surface area contributed by atoms with Crippen LogP contribution in [0.2, 0.25) is 0 Å². The first kappa shape index (κ1) is 23.4. The van der Waals surface area contributed by atoms with E-state index in [0.29, 0.717) is 19.4 Å². The van der Waals surface area contributed by atoms with Crippen LogP contribution in [0.25, 0.3) is 11.1 Å². The van der Waals surface area contributed by atoms with Crippen molar-refractivity contribution in [3.05, 3.63) is 59.7 Å². The molecule has 1 saturated carbocycles. The molecule has 184 valence electrons. The van der Waals surface area contributed by atoms with E-state index in [2.05, 4.69) is 29.6 Å². The number of ether oxygens (including phenoxy) is 1. The standard InChI is InChI=1S/C28H32N2O5/c1-27(2)13-8-16-30(23(27)24(31)32)25(33)28(14-7-15-28)29-26(34)35-17-22-20-11-5-3-9-18(20)19-10-4-6-12-21(19)22/h3-6,9-12,22-23H,7-8,13-17H2,1-2H3,(H,29,34)(H,31,32). The molecule has 1 heterocycles. The highest BCUT2D eigenvalue weighted by Crippen LogP contribution is 2.45. The quantitative estimate of drug-likeness (QED) is 0.660. The van der Waals surface area contributed by atoms with Crippen molar-refractivity contribution >= 4 is 18.0 Å². The Balaban J connectivity index is 1.30. The van der Waals surface area contributed by atoms with Crippen molar-refractivity contribution in [1.82, 2.24) is 10.2 Å². The molecule has 0 bridgehead atoms. The molecular formula is C28H32N2O5. The molecule has 7 nitrogen and oxygen atoms in total. The first-order valence-electron chi connectivity index (χ1n) is 12.4. The van der Waals surface area contributed by atoms with Crippen molar-refractivity contribution in [3.8, 4) is 11.1 Å². The van der Waals surface area contributed by atoms with Crippen LogP contribution in [0.1, 0.15) is 63.0 Å². The molecule has 0 spiro atoms. The van der Waals surface area contributed by atoms with Crippen molar-refractivity contribution in [2.45, 2.75) is 63.5 Å². The molecule has 2 aromatic rings. The molecule has 35 heavy (non-hydrogen) atoms. The van der Waals surface area contributed by atoms with Crippen LogP contribution in [0.4, 0.5) is 4.79 Å². The van der Waals surface area contributed by atoms with Gasteiger partial charge in [0.05, 0.1) is 0 Å². The van der Waals surface area contributed by atoms with Crippen LogP contribution in [0, 0.1) is 5.41 Å². The number of carboxylic acids is 1. The van der Waals surface area contributed by atoms with Crippen LogP contribution in [-0.2, 0) is 14.3 Å². The zero-order valence-electron chi connectivity index (χ0n) is 20.3. The Labute approximate surface area is 205 Å². The number of piperidine rings is 1. The predicted octanol–water partition coefficient (Wildman–Crippen LogP) is 4.55. The smallest absolute Gasteiger partial charge is 0.408 e. The van der Waals surface area contributed by atoms with Gasteiger partial charge >= 0.3 is 12.1 Å². The summed E-state index contributed by atoms with van der Waals surface area (Å²) in [6, 6.07) is 15.3. The minimum atomic E-state index is -1.09. The number of nitrogens with zero attached hydrogens (tertiary/aromatic N) is 1. The Bertz CT molecular complexity index is 1120. The number of rotatable bonds is 5. The number of aliphatic carboxylic acids is 1. The molecule has 5 rings (SSSR count). The van der Waals surface area contributed by atoms with E-state index in [1.807, 2.05) is 38.1 Å². The van der Waals surface area contributed by atoms with Crippen molar-refractivity contribution < 1.29 is 24.2 Å². The van der Waals surface area contributed by atoms with Gasteiger partial charge in [0.25, 0.3) is 0 Å². The fourth-order valence-electron chi connectivity index (χ4n) is 6.11. The fraction of sp³-hybridized carbons (Fsp3) is 0.464. The fourth-order valence-corrected chi connectivity index (χ4v) is 6.11. The van der Waals surface area contributed by atoms with E-state index in [1.165, 1.54) is 4.90 Å². The average molecular weight is 477 g/mol. The number of carbonyl (C=O) groups is 3. The topological polar surface area (TPSA) is 95.9 Å². The minimum Gasteiger partial charge on any atom is -0.480 e. The van der Waals surface area contributed by atoms with Gasteiger partial charge in [0.1, 0.15) is 18.2 Å². The lowest BCUT2D eigenvalue weighted by molar-refractivity contribution is -0.163. The molecule has 1 aliphatic heterocycles. The molecule has 0 aromatic heterocycles. The maximum Gasteiger partial charge on any atom is 0.408 e. The predicted molar refractivity (Wildman–Crippen MR) is 131 cm³/mol. The Morgan fingerprint density at radius 1 is 0.971 bits per heavy atom. The zero-order chi connectivity index (χ0) is 24.8. The molecule has 0 radical (unpaired) electrons. The average Bonchev–Trinajstić information content (AvgIpc) is 3.12. The highest BCUT2D eigenvalue weighted by Gasteiger charge is 2.53. The first-order valence-corrected chi connectivity index (χ1v) is 12.4. The molecule has 2 fully saturated rings. The lowest BCUT2D eigenvalue weighted by atomic mass is 9.72. The SMILES string of the molecule is CC1(C)CCCN(C(=O)C2(NC(=O)OCC3c4ccccc4-c4ccccc43)CCC2)C1C(=O)O. The second-order valence-corrected chi connectivity index (χ2v) is 10.7. The van der Waals surface area contributed by atoms with Gasteiger partial charge in [-0.1, -0.05) is 62.4 Å². The number of carbonyl (C=O) groups excluding carboxylic acids is 2. The minimum absolute atomic E-state index is 0.0690. The Morgan fingerprint density at radius 2 is 1.57 bits per heavy atom. The normalized spacial score (nSPS) is 21.9. The molecule has 2 amide bonds. The summed E-state index contributed by atoms with van der Waals surface area (Å²) in [6.07, 6.45) is 2.61. The van der Waals surface area contributed by atoms with Gasteiger partial charge in [0.2, 0.25) is 5.91 Å². The van der Waals surface area contributed by atoms with Gasteiger partial charge in [-0.25, -0.2) is 9.59 Å². The molecule has 2 N–H and O–H groups in total. The van der Waals surface area contributed by atoms with Crippen LogP contribution >= 0.6 is 0 Å². The number of alkyl carbamates (subject to hydrolysis) is 1. The van der Waals surface area contributed by atoms with Crippen LogP contribution in [-0.4, -0.2) is 52.7 Å². The lowest BCUT2D eigenvalue weighted by Gasteiger charge is -2.50. The maximum atomic E-state index is 13.6. The number of carboxylic acid groups (broad SMARTS) is 1. The van der Waals surface area contributed by atoms with E-state index >= 15 is 0 Å². The number of amides is 2. The van der Waals surface area contributed by atoms with Gasteiger partial charge in [0, 0.05) is 12.5 Å². The van der Waals surface area contributed by atoms with E-state index in [4.69, 9.17) is 4.74 Å². The molecule has 1 saturated heterocycles. The van der Waals surface area contributed by atoms with Gasteiger partial charge in [-0.3, -0.25) is 4.79 Å². The van der Waals surface area contributed by atoms with Crippen molar-refractivity contribution in [2.75, 3.05) is 13.2 Å². The summed E-state index contributed by atoms with van der Waals surface area (Å²) in [6.45, 7) is 4.32. The van der Waals surface area contributed by atoms with E-state index in [-0.39, 0.29) is 18.4 Å². The van der Waals surface area contributed by atoms with Crippen LogP contribution < -0.4 is 5.32 Å². The molecule has 1 unspecified atom stereocenters. The summed E-state index contributed by atoms with van der Waals surface area (Å²) in [5.74, 6) is -1.38. The summed E-state index contributed by atoms with van der Waals surface area (Å²) >= 11 is 0. The van der Waals surface area contributed by atoms with Gasteiger partial charge in [-0.05, 0) is 59.8 Å². The molecule has 3 aliphatic rings. The molecule has 1 atom stereocenters. The molecule has 2 aromatic carbocycles. The Hall–Kier alpha value is -3.35. The number of benzene rings is 2. The largest absolute Gasteiger partial charge is 0.480 e. The molecule has 2 aliphatic carbocycles. The van der Waals surface area contributed by atoms with E-state index in [1.54, 1.807) is 0 Å². The van der Waals surface area contributed by atoms with E-state index in [0.717, 1.165) is 41.5 Å². The summed E-state index contributed by atoms with van der Waals surface area (Å²) in [5.41, 5.74) is 2.91. The molecular weight excluding hydrogens is 444 g/mol. The van der Waals surface area contributed by atoms with Crippen LogP contribution in [0.5, 0.6) is 0 Å². The van der Waals surface area contributed by atoms with E-state index < -0.39 is 29.1 Å². The Morgan fingerprint density at radius 3 is 2.11 bits per heavy atom. The van der Waals surface area contributed by atoms with Gasteiger partial charge in [0.15, 0.2) is 0 Å². The second kappa shape index (κ2) is 8.70. The number of likely N-dealkylation sites (tertiary alicyclic amines) is 1. The van der Waals surface area contributed by atoms with Gasteiger partial charge in [-0.15, -0.1) is 0 Å². The number of nitrogens with one attached hydrogen (secondary N) is 1. The number of fused-ring (bicyclic) bond motifs is 3. The first-order chi connectivity index (χ1) is 16.7. The maximum absolute atomic E-state index is 13.6. The lowest BCUT2D eigenvalue weighted by Crippen LogP contribution is -2.68. The Kier molecular flexibility index (Phi) is 5.82. The zero-order valence-corrected chi connectivity index (χ0v) is 20.3. The second-order valence-electron chi connectivity index (χ2n) is 10.7. The third-order valence-electron chi connectivity index (χ3n) is 8.07. The monoisotopic (exact) mass is 476 g/mol. The van der Waals surface area contributed by atoms with Crippen molar-refractivity contribution in [1.29, 1.82) is 0 Å². The third-order valence-corrected chi connectivity index (χ3v) is 8.07. The summed E-state index contributed by atoms with van der Waals surface area (Å²) in [5, 5.41) is 12.7.